The van der Waals surface area contributed by atoms with Gasteiger partial charge in [-0.3, -0.25) is 9.69 Å². The summed E-state index contributed by atoms with van der Waals surface area (Å²) in [6.07, 6.45) is 2.79. The van der Waals surface area contributed by atoms with Crippen molar-refractivity contribution < 1.29 is 18.7 Å². The number of ether oxygens (including phenoxy) is 1. The maximum absolute atomic E-state index is 13.1. The molecule has 0 aromatic heterocycles. The van der Waals surface area contributed by atoms with E-state index in [-0.39, 0.29) is 23.9 Å². The molecule has 166 valence electrons. The van der Waals surface area contributed by atoms with Crippen LogP contribution < -0.4 is 0 Å². The standard InChI is InChI=1S/C27H23FN2O3/c28-23-14-11-20(12-15-23)13-16-25(31)29-17-18-30-24(19-29)27(33-26(30)32,21-7-3-1-4-8-21)22-9-5-2-6-10-22/h1-16,24H,17-19H2/b16-13+. The first-order valence-electron chi connectivity index (χ1n) is 10.9. The monoisotopic (exact) mass is 442 g/mol. The zero-order valence-corrected chi connectivity index (χ0v) is 17.9. The molecule has 2 saturated heterocycles. The minimum atomic E-state index is -1.01. The molecule has 0 spiro atoms. The van der Waals surface area contributed by atoms with Crippen LogP contribution in [0.1, 0.15) is 16.7 Å². The molecule has 1 unspecified atom stereocenters. The number of fused-ring (bicyclic) bond motifs is 1. The van der Waals surface area contributed by atoms with Crippen LogP contribution in [-0.2, 0) is 15.1 Å². The van der Waals surface area contributed by atoms with Gasteiger partial charge >= 0.3 is 6.09 Å². The highest BCUT2D eigenvalue weighted by molar-refractivity contribution is 5.92. The molecule has 0 radical (unpaired) electrons. The first-order chi connectivity index (χ1) is 16.1. The van der Waals surface area contributed by atoms with Gasteiger partial charge < -0.3 is 9.64 Å². The van der Waals surface area contributed by atoms with Crippen molar-refractivity contribution in [1.29, 1.82) is 0 Å². The molecule has 0 bridgehead atoms. The van der Waals surface area contributed by atoms with Crippen molar-refractivity contribution in [2.24, 2.45) is 0 Å². The van der Waals surface area contributed by atoms with Crippen LogP contribution in [-0.4, -0.2) is 47.5 Å². The molecule has 0 N–H and O–H groups in total. The van der Waals surface area contributed by atoms with E-state index < -0.39 is 5.60 Å². The third kappa shape index (κ3) is 3.78. The number of hydrogen-bond acceptors (Lipinski definition) is 3. The fourth-order valence-corrected chi connectivity index (χ4v) is 4.70. The van der Waals surface area contributed by atoms with Gasteiger partial charge in [0.25, 0.3) is 0 Å². The summed E-state index contributed by atoms with van der Waals surface area (Å²) in [6.45, 7) is 1.14. The number of piperazine rings is 1. The number of benzene rings is 3. The normalized spacial score (nSPS) is 19.4. The number of halogens is 1. The number of rotatable bonds is 4. The second-order valence-electron chi connectivity index (χ2n) is 8.21. The molecule has 5 rings (SSSR count). The SMILES string of the molecule is O=C(/C=C/c1ccc(F)cc1)N1CCN2C(=O)OC(c3ccccc3)(c3ccccc3)C2C1. The molecule has 0 saturated carbocycles. The molecule has 2 aliphatic heterocycles. The molecule has 5 nitrogen and oxygen atoms in total. The Kier molecular flexibility index (Phi) is 5.42. The van der Waals surface area contributed by atoms with Crippen LogP contribution in [0.4, 0.5) is 9.18 Å². The second kappa shape index (κ2) is 8.54. The van der Waals surface area contributed by atoms with E-state index in [0.29, 0.717) is 19.6 Å². The van der Waals surface area contributed by atoms with E-state index in [4.69, 9.17) is 4.74 Å². The highest BCUT2D eigenvalue weighted by Gasteiger charge is 2.58. The fourth-order valence-electron chi connectivity index (χ4n) is 4.70. The Bertz CT molecular complexity index is 1140. The van der Waals surface area contributed by atoms with Crippen molar-refractivity contribution in [3.8, 4) is 0 Å². The predicted octanol–water partition coefficient (Wildman–Crippen LogP) is 4.45. The van der Waals surface area contributed by atoms with Crippen molar-refractivity contribution in [2.75, 3.05) is 19.6 Å². The van der Waals surface area contributed by atoms with Gasteiger partial charge in [0.1, 0.15) is 11.9 Å². The minimum absolute atomic E-state index is 0.159. The summed E-state index contributed by atoms with van der Waals surface area (Å²) in [7, 11) is 0. The van der Waals surface area contributed by atoms with Crippen LogP contribution >= 0.6 is 0 Å². The molecule has 2 aliphatic rings. The third-order valence-electron chi connectivity index (χ3n) is 6.34. The van der Waals surface area contributed by atoms with Gasteiger partial charge in [-0.05, 0) is 23.8 Å². The van der Waals surface area contributed by atoms with Crippen LogP contribution in [0.2, 0.25) is 0 Å². The summed E-state index contributed by atoms with van der Waals surface area (Å²) in [6, 6.07) is 25.0. The van der Waals surface area contributed by atoms with Gasteiger partial charge in [-0.15, -0.1) is 0 Å². The van der Waals surface area contributed by atoms with Crippen molar-refractivity contribution in [3.05, 3.63) is 114 Å². The Morgan fingerprint density at radius 3 is 2.12 bits per heavy atom. The Labute approximate surface area is 191 Å². The largest absolute Gasteiger partial charge is 0.431 e. The lowest BCUT2D eigenvalue weighted by Crippen LogP contribution is -2.58. The summed E-state index contributed by atoms with van der Waals surface area (Å²) in [5, 5.41) is 0. The summed E-state index contributed by atoms with van der Waals surface area (Å²) in [5.74, 6) is -0.480. The lowest BCUT2D eigenvalue weighted by Gasteiger charge is -2.42. The Hall–Kier alpha value is -3.93. The van der Waals surface area contributed by atoms with E-state index in [2.05, 4.69) is 0 Å². The second-order valence-corrected chi connectivity index (χ2v) is 8.21. The van der Waals surface area contributed by atoms with Crippen molar-refractivity contribution in [2.45, 2.75) is 11.6 Å². The van der Waals surface area contributed by atoms with E-state index in [9.17, 15) is 14.0 Å². The molecule has 2 amide bonds. The van der Waals surface area contributed by atoms with E-state index in [0.717, 1.165) is 16.7 Å². The molecule has 2 fully saturated rings. The Balaban J connectivity index is 1.47. The third-order valence-corrected chi connectivity index (χ3v) is 6.34. The van der Waals surface area contributed by atoms with Gasteiger partial charge in [-0.25, -0.2) is 9.18 Å². The van der Waals surface area contributed by atoms with Gasteiger partial charge in [0.15, 0.2) is 5.60 Å². The fraction of sp³-hybridized carbons (Fsp3) is 0.185. The van der Waals surface area contributed by atoms with E-state index >= 15 is 0 Å². The quantitative estimate of drug-likeness (QED) is 0.561. The molecule has 3 aromatic carbocycles. The number of carbonyl (C=O) groups excluding carboxylic acids is 2. The van der Waals surface area contributed by atoms with Crippen LogP contribution in [0.15, 0.2) is 91.0 Å². The summed E-state index contributed by atoms with van der Waals surface area (Å²) in [5.41, 5.74) is 1.46. The topological polar surface area (TPSA) is 49.9 Å². The number of amides is 2. The highest BCUT2D eigenvalue weighted by Crippen LogP contribution is 2.45. The summed E-state index contributed by atoms with van der Waals surface area (Å²) in [4.78, 5) is 29.4. The lowest BCUT2D eigenvalue weighted by atomic mass is 9.79. The van der Waals surface area contributed by atoms with Crippen molar-refractivity contribution >= 4 is 18.1 Å². The molecule has 1 atom stereocenters. The lowest BCUT2D eigenvalue weighted by molar-refractivity contribution is -0.128. The predicted molar refractivity (Wildman–Crippen MR) is 123 cm³/mol. The van der Waals surface area contributed by atoms with E-state index in [1.807, 2.05) is 60.7 Å². The molecule has 0 aliphatic carbocycles. The van der Waals surface area contributed by atoms with Crippen LogP contribution in [0.25, 0.3) is 6.08 Å². The van der Waals surface area contributed by atoms with E-state index in [1.165, 1.54) is 18.2 Å². The molecular weight excluding hydrogens is 419 g/mol. The summed E-state index contributed by atoms with van der Waals surface area (Å²) < 4.78 is 19.3. The molecule has 3 aromatic rings. The van der Waals surface area contributed by atoms with Gasteiger partial charge in [0.2, 0.25) is 5.91 Å². The molecular formula is C27H23FN2O3. The number of carbonyl (C=O) groups is 2. The van der Waals surface area contributed by atoms with Crippen LogP contribution in [0, 0.1) is 5.82 Å². The minimum Gasteiger partial charge on any atom is -0.431 e. The van der Waals surface area contributed by atoms with Gasteiger partial charge in [0, 0.05) is 36.8 Å². The zero-order chi connectivity index (χ0) is 22.8. The molecule has 6 heteroatoms. The average Bonchev–Trinajstić information content (AvgIpc) is 3.17. The average molecular weight is 442 g/mol. The van der Waals surface area contributed by atoms with Crippen molar-refractivity contribution in [1.82, 2.24) is 9.80 Å². The number of cyclic esters (lactones) is 1. The Morgan fingerprint density at radius 2 is 1.52 bits per heavy atom. The molecule has 33 heavy (non-hydrogen) atoms. The van der Waals surface area contributed by atoms with Gasteiger partial charge in [-0.1, -0.05) is 72.8 Å². The van der Waals surface area contributed by atoms with Crippen molar-refractivity contribution in [3.63, 3.8) is 0 Å². The smallest absolute Gasteiger partial charge is 0.411 e. The van der Waals surface area contributed by atoms with Gasteiger partial charge in [0.05, 0.1) is 0 Å². The maximum Gasteiger partial charge on any atom is 0.411 e. The Morgan fingerprint density at radius 1 is 0.909 bits per heavy atom. The number of nitrogens with zero attached hydrogens (tertiary/aromatic N) is 2. The maximum atomic E-state index is 13.1. The highest BCUT2D eigenvalue weighted by atomic mass is 19.1. The summed E-state index contributed by atoms with van der Waals surface area (Å²) >= 11 is 0. The zero-order valence-electron chi connectivity index (χ0n) is 17.9. The van der Waals surface area contributed by atoms with E-state index in [1.54, 1.807) is 28.0 Å². The van der Waals surface area contributed by atoms with Gasteiger partial charge in [-0.2, -0.15) is 0 Å². The number of hydrogen-bond donors (Lipinski definition) is 0. The first-order valence-corrected chi connectivity index (χ1v) is 10.9. The van der Waals surface area contributed by atoms with Crippen LogP contribution in [0.5, 0.6) is 0 Å². The first kappa shape index (κ1) is 20.9. The molecule has 2 heterocycles. The van der Waals surface area contributed by atoms with Crippen LogP contribution in [0.3, 0.4) is 0 Å².